The summed E-state index contributed by atoms with van der Waals surface area (Å²) in [6.45, 7) is 0.589. The summed E-state index contributed by atoms with van der Waals surface area (Å²) in [5.41, 5.74) is 7.62. The smallest absolute Gasteiger partial charge is 0.303 e. The third-order valence-electron chi connectivity index (χ3n) is 10.8. The number of hydrogen-bond acceptors (Lipinski definition) is 9. The van der Waals surface area contributed by atoms with Gasteiger partial charge in [-0.15, -0.1) is 0 Å². The molecule has 2 aliphatic carbocycles. The average Bonchev–Trinajstić information content (AvgIpc) is 4.12. The summed E-state index contributed by atoms with van der Waals surface area (Å²) >= 11 is 0. The number of amides is 1. The number of carboxylic acids is 1. The first kappa shape index (κ1) is 46.6. The highest BCUT2D eigenvalue weighted by molar-refractivity contribution is 5.77. The number of halogens is 4. The van der Waals surface area contributed by atoms with Gasteiger partial charge in [0.15, 0.2) is 0 Å². The van der Waals surface area contributed by atoms with E-state index >= 15 is 0 Å². The molecule has 1 amide bonds. The molecule has 0 saturated heterocycles. The summed E-state index contributed by atoms with van der Waals surface area (Å²) < 4.78 is 55.0. The third-order valence-corrected chi connectivity index (χ3v) is 10.8. The second-order valence-electron chi connectivity index (χ2n) is 15.7. The number of carboxylic acid groups (broad SMARTS) is 1. The molecular formula is C44H56F4N6O5. The number of aromatic nitrogens is 2. The lowest BCUT2D eigenvalue weighted by Crippen LogP contribution is -2.42. The van der Waals surface area contributed by atoms with Gasteiger partial charge in [0.1, 0.15) is 34.8 Å². The highest BCUT2D eigenvalue weighted by atomic mass is 19.1. The second kappa shape index (κ2) is 22.3. The number of carbonyl (C=O) groups is 2. The zero-order valence-electron chi connectivity index (χ0n) is 34.0. The Kier molecular flexibility index (Phi) is 17.6. The summed E-state index contributed by atoms with van der Waals surface area (Å²) in [5.74, 6) is -3.22. The molecule has 4 atom stereocenters. The van der Waals surface area contributed by atoms with Gasteiger partial charge in [-0.1, -0.05) is 0 Å². The maximum atomic E-state index is 14.1. The number of aliphatic carboxylic acids is 1. The largest absolute Gasteiger partial charge is 0.508 e. The van der Waals surface area contributed by atoms with Crippen LogP contribution in [0, 0.1) is 35.1 Å². The van der Waals surface area contributed by atoms with Gasteiger partial charge < -0.3 is 36.2 Å². The van der Waals surface area contributed by atoms with Crippen LogP contribution in [0.4, 0.5) is 17.6 Å². The van der Waals surface area contributed by atoms with Gasteiger partial charge in [0.2, 0.25) is 5.91 Å². The molecule has 2 heterocycles. The zero-order valence-corrected chi connectivity index (χ0v) is 34.0. The van der Waals surface area contributed by atoms with Gasteiger partial charge in [-0.05, 0) is 126 Å². The topological polar surface area (TPSA) is 165 Å². The Morgan fingerprint density at radius 2 is 1.07 bits per heavy atom. The minimum Gasteiger partial charge on any atom is -0.508 e. The Morgan fingerprint density at radius 1 is 0.695 bits per heavy atom. The number of nitrogens with zero attached hydrogens (tertiary/aromatic N) is 4. The van der Waals surface area contributed by atoms with E-state index in [4.69, 9.17) is 15.9 Å². The SMILES string of the molecule is CN(C)[C@H](CN)Cc1c(F)cc(O)cc1F.CN(C)[C@H](CNC(=O)C[C@H](c1ccncc1)C1CC1)Cc1c(F)cc(O)cc1F.O=C(O)C[C@H](c1ccncc1)C1CC1. The first-order valence-electron chi connectivity index (χ1n) is 19.7. The minimum absolute atomic E-state index is 0.0399. The molecule has 0 bridgehead atoms. The fourth-order valence-corrected chi connectivity index (χ4v) is 6.98. The number of carbonyl (C=O) groups excluding carboxylic acids is 1. The molecular weight excluding hydrogens is 769 g/mol. The van der Waals surface area contributed by atoms with Crippen molar-refractivity contribution < 1.29 is 42.5 Å². The van der Waals surface area contributed by atoms with Gasteiger partial charge in [0.25, 0.3) is 0 Å². The van der Waals surface area contributed by atoms with Crippen LogP contribution < -0.4 is 11.1 Å². The Labute approximate surface area is 343 Å². The van der Waals surface area contributed by atoms with Crippen LogP contribution in [0.25, 0.3) is 0 Å². The lowest BCUT2D eigenvalue weighted by molar-refractivity contribution is -0.137. The lowest BCUT2D eigenvalue weighted by Gasteiger charge is -2.26. The maximum Gasteiger partial charge on any atom is 0.303 e. The summed E-state index contributed by atoms with van der Waals surface area (Å²) in [5, 5.41) is 30.1. The molecule has 11 nitrogen and oxygen atoms in total. The van der Waals surface area contributed by atoms with Crippen LogP contribution in [-0.2, 0) is 22.4 Å². The summed E-state index contributed by atoms with van der Waals surface area (Å²) in [6, 6.07) is 10.9. The van der Waals surface area contributed by atoms with Crippen LogP contribution in [0.3, 0.4) is 0 Å². The number of nitrogens with one attached hydrogen (secondary N) is 1. The van der Waals surface area contributed by atoms with Crippen molar-refractivity contribution in [2.75, 3.05) is 41.3 Å². The molecule has 6 rings (SSSR count). The molecule has 59 heavy (non-hydrogen) atoms. The normalized spacial score (nSPS) is 15.6. The molecule has 0 radical (unpaired) electrons. The maximum absolute atomic E-state index is 14.1. The van der Waals surface area contributed by atoms with Crippen LogP contribution >= 0.6 is 0 Å². The van der Waals surface area contributed by atoms with E-state index in [1.165, 1.54) is 12.8 Å². The molecule has 0 spiro atoms. The van der Waals surface area contributed by atoms with E-state index < -0.39 is 40.7 Å². The number of likely N-dealkylation sites (N-methyl/N-ethyl adjacent to an activating group) is 2. The van der Waals surface area contributed by atoms with Crippen LogP contribution in [0.1, 0.15) is 72.6 Å². The van der Waals surface area contributed by atoms with Gasteiger partial charge in [-0.2, -0.15) is 0 Å². The van der Waals surface area contributed by atoms with Crippen LogP contribution in [0.2, 0.25) is 0 Å². The van der Waals surface area contributed by atoms with Crippen molar-refractivity contribution in [1.82, 2.24) is 25.1 Å². The quantitative estimate of drug-likeness (QED) is 0.0754. The predicted molar refractivity (Wildman–Crippen MR) is 217 cm³/mol. The molecule has 320 valence electrons. The van der Waals surface area contributed by atoms with E-state index in [9.17, 15) is 32.3 Å². The standard InChI is InChI=1S/C22H27F2N3O2.C11H16F2N2O.C11H13NO2/c1-27(2)16(9-19-20(23)10-17(28)11-21(19)24)13-26-22(29)12-18(14-3-4-14)15-5-7-25-8-6-15;1-15(2)7(6-14)3-9-10(12)4-8(16)5-11(9)13;13-11(14)7-10(8-1-2-8)9-3-5-12-6-4-9/h5-8,10-11,14,16,18,28H,3-4,9,12-13H2,1-2H3,(H,26,29);4-5,7,16H,3,6,14H2,1-2H3;3-6,8,10H,1-2,7H2,(H,13,14)/t16-,18-;7-;10-/m000/s1. The fourth-order valence-electron chi connectivity index (χ4n) is 6.98. The van der Waals surface area contributed by atoms with Crippen molar-refractivity contribution in [3.8, 4) is 11.5 Å². The van der Waals surface area contributed by atoms with Crippen molar-refractivity contribution in [1.29, 1.82) is 0 Å². The Balaban J connectivity index is 0.000000216. The first-order chi connectivity index (χ1) is 28.1. The molecule has 6 N–H and O–H groups in total. The fraction of sp³-hybridized carbons (Fsp3) is 0.455. The number of pyridine rings is 2. The van der Waals surface area contributed by atoms with E-state index in [2.05, 4.69) is 15.3 Å². The number of hydrogen-bond donors (Lipinski definition) is 5. The van der Waals surface area contributed by atoms with E-state index in [1.807, 2.05) is 34.1 Å². The predicted octanol–water partition coefficient (Wildman–Crippen LogP) is 6.39. The summed E-state index contributed by atoms with van der Waals surface area (Å²) in [7, 11) is 7.20. The van der Waals surface area contributed by atoms with Crippen molar-refractivity contribution in [2.24, 2.45) is 17.6 Å². The lowest BCUT2D eigenvalue weighted by atomic mass is 9.91. The van der Waals surface area contributed by atoms with Crippen LogP contribution in [0.5, 0.6) is 11.5 Å². The number of benzene rings is 2. The van der Waals surface area contributed by atoms with Crippen molar-refractivity contribution >= 4 is 11.9 Å². The summed E-state index contributed by atoms with van der Waals surface area (Å²) in [6.07, 6.45) is 12.4. The molecule has 2 aromatic heterocycles. The zero-order chi connectivity index (χ0) is 43.2. The molecule has 4 aromatic rings. The van der Waals surface area contributed by atoms with Crippen LogP contribution in [-0.4, -0.2) is 100 Å². The number of aromatic hydroxyl groups is 2. The minimum atomic E-state index is -0.785. The number of phenolic OH excluding ortho intramolecular Hbond substituents is 2. The Hall–Kier alpha value is -5.12. The van der Waals surface area contributed by atoms with E-state index in [-0.39, 0.29) is 66.8 Å². The first-order valence-corrected chi connectivity index (χ1v) is 19.7. The third kappa shape index (κ3) is 14.9. The van der Waals surface area contributed by atoms with Gasteiger partial charge in [0.05, 0.1) is 6.42 Å². The van der Waals surface area contributed by atoms with E-state index in [0.717, 1.165) is 48.2 Å². The van der Waals surface area contributed by atoms with E-state index in [1.54, 1.807) is 53.0 Å². The molecule has 0 unspecified atom stereocenters. The molecule has 2 fully saturated rings. The highest BCUT2D eigenvalue weighted by Crippen LogP contribution is 2.45. The van der Waals surface area contributed by atoms with Crippen LogP contribution in [0.15, 0.2) is 73.3 Å². The molecule has 15 heteroatoms. The second-order valence-corrected chi connectivity index (χ2v) is 15.7. The van der Waals surface area contributed by atoms with Gasteiger partial charge in [0, 0.05) is 91.8 Å². The Morgan fingerprint density at radius 3 is 1.41 bits per heavy atom. The number of phenols is 2. The molecule has 2 saturated carbocycles. The highest BCUT2D eigenvalue weighted by Gasteiger charge is 2.34. The van der Waals surface area contributed by atoms with Crippen molar-refractivity contribution in [3.63, 3.8) is 0 Å². The van der Waals surface area contributed by atoms with Gasteiger partial charge in [-0.25, -0.2) is 17.6 Å². The Bertz CT molecular complexity index is 1900. The molecule has 0 aliphatic heterocycles. The number of rotatable bonds is 17. The molecule has 2 aliphatic rings. The monoisotopic (exact) mass is 824 g/mol. The van der Waals surface area contributed by atoms with Gasteiger partial charge in [-0.3, -0.25) is 19.6 Å². The van der Waals surface area contributed by atoms with Crippen molar-refractivity contribution in [2.45, 2.75) is 75.3 Å². The number of nitrogens with two attached hydrogens (primary N) is 1. The van der Waals surface area contributed by atoms with Gasteiger partial charge >= 0.3 is 5.97 Å². The summed E-state index contributed by atoms with van der Waals surface area (Å²) in [4.78, 5) is 34.9. The van der Waals surface area contributed by atoms with Crippen molar-refractivity contribution in [3.05, 3.63) is 119 Å². The average molecular weight is 825 g/mol. The van der Waals surface area contributed by atoms with E-state index in [0.29, 0.717) is 24.8 Å². The molecule has 2 aromatic carbocycles.